The molecule has 0 spiro atoms. The summed E-state index contributed by atoms with van der Waals surface area (Å²) in [6, 6.07) is 6.88. The second kappa shape index (κ2) is 5.75. The van der Waals surface area contributed by atoms with Gasteiger partial charge in [0.25, 0.3) is 5.69 Å². The van der Waals surface area contributed by atoms with E-state index in [1.807, 2.05) is 6.07 Å². The summed E-state index contributed by atoms with van der Waals surface area (Å²) in [6.07, 6.45) is 3.68. The van der Waals surface area contributed by atoms with Crippen LogP contribution < -0.4 is 5.43 Å². The molecule has 5 heteroatoms. The summed E-state index contributed by atoms with van der Waals surface area (Å²) >= 11 is 0. The minimum Gasteiger partial charge on any atom is -0.258 e. The molecule has 0 saturated carbocycles. The summed E-state index contributed by atoms with van der Waals surface area (Å²) in [5.41, 5.74) is 4.19. The number of nitro benzene ring substituents is 1. The molecule has 17 heavy (non-hydrogen) atoms. The number of nitrogens with one attached hydrogen (secondary N) is 1. The van der Waals surface area contributed by atoms with Gasteiger partial charge in [-0.15, -0.1) is 0 Å². The van der Waals surface area contributed by atoms with E-state index in [0.717, 1.165) is 18.7 Å². The third-order valence-corrected chi connectivity index (χ3v) is 3.04. The van der Waals surface area contributed by atoms with E-state index in [-0.39, 0.29) is 10.6 Å². The molecule has 1 heterocycles. The third kappa shape index (κ3) is 3.25. The van der Waals surface area contributed by atoms with Crippen molar-refractivity contribution in [2.45, 2.75) is 25.8 Å². The van der Waals surface area contributed by atoms with E-state index in [4.69, 9.17) is 0 Å². The summed E-state index contributed by atoms with van der Waals surface area (Å²) in [5, 5.41) is 13.0. The van der Waals surface area contributed by atoms with Gasteiger partial charge in [0, 0.05) is 31.3 Å². The van der Waals surface area contributed by atoms with Crippen molar-refractivity contribution < 1.29 is 4.92 Å². The van der Waals surface area contributed by atoms with Crippen molar-refractivity contribution in [2.24, 2.45) is 0 Å². The fourth-order valence-corrected chi connectivity index (χ4v) is 2.09. The van der Waals surface area contributed by atoms with Crippen LogP contribution in [0.4, 0.5) is 5.69 Å². The standard InChI is InChI=1S/C12H17N3O2/c16-15(17)12-7-3-2-6-11(12)10-13-14-8-4-1-5-9-14/h2-3,6-7,13H,1,4-5,8-10H2. The van der Waals surface area contributed by atoms with E-state index in [9.17, 15) is 10.1 Å². The van der Waals surface area contributed by atoms with Crippen molar-refractivity contribution in [1.82, 2.24) is 10.4 Å². The Kier molecular flexibility index (Phi) is 4.06. The van der Waals surface area contributed by atoms with Crippen LogP contribution in [0, 0.1) is 10.1 Å². The highest BCUT2D eigenvalue weighted by Gasteiger charge is 2.14. The van der Waals surface area contributed by atoms with E-state index in [1.165, 1.54) is 19.3 Å². The summed E-state index contributed by atoms with van der Waals surface area (Å²) in [5.74, 6) is 0. The Labute approximate surface area is 101 Å². The Balaban J connectivity index is 1.96. The molecule has 1 N–H and O–H groups in total. The number of hydrogen-bond acceptors (Lipinski definition) is 4. The fourth-order valence-electron chi connectivity index (χ4n) is 2.09. The Morgan fingerprint density at radius 1 is 1.24 bits per heavy atom. The number of hydrogen-bond donors (Lipinski definition) is 1. The molecule has 0 radical (unpaired) electrons. The van der Waals surface area contributed by atoms with Gasteiger partial charge < -0.3 is 0 Å². The highest BCUT2D eigenvalue weighted by atomic mass is 16.6. The molecule has 1 saturated heterocycles. The maximum Gasteiger partial charge on any atom is 0.273 e. The third-order valence-electron chi connectivity index (χ3n) is 3.04. The molecule has 0 amide bonds. The number of benzene rings is 1. The summed E-state index contributed by atoms with van der Waals surface area (Å²) in [7, 11) is 0. The predicted octanol–water partition coefficient (Wildman–Crippen LogP) is 2.09. The lowest BCUT2D eigenvalue weighted by molar-refractivity contribution is -0.385. The minimum atomic E-state index is -0.326. The maximum absolute atomic E-state index is 10.8. The number of hydrazine groups is 1. The van der Waals surface area contributed by atoms with Crippen LogP contribution in [0.1, 0.15) is 24.8 Å². The van der Waals surface area contributed by atoms with Crippen LogP contribution in [0.3, 0.4) is 0 Å². The molecule has 1 aromatic carbocycles. The van der Waals surface area contributed by atoms with Gasteiger partial charge >= 0.3 is 0 Å². The average Bonchev–Trinajstić information content (AvgIpc) is 2.38. The smallest absolute Gasteiger partial charge is 0.258 e. The van der Waals surface area contributed by atoms with E-state index in [2.05, 4.69) is 10.4 Å². The Morgan fingerprint density at radius 3 is 2.65 bits per heavy atom. The molecular weight excluding hydrogens is 218 g/mol. The molecule has 2 rings (SSSR count). The highest BCUT2D eigenvalue weighted by molar-refractivity contribution is 5.39. The van der Waals surface area contributed by atoms with Crippen LogP contribution >= 0.6 is 0 Å². The van der Waals surface area contributed by atoms with Gasteiger partial charge in [-0.05, 0) is 12.8 Å². The quantitative estimate of drug-likeness (QED) is 0.641. The molecule has 1 aliphatic heterocycles. The molecular formula is C12H17N3O2. The number of nitrogens with zero attached hydrogens (tertiary/aromatic N) is 2. The van der Waals surface area contributed by atoms with Gasteiger partial charge in [-0.1, -0.05) is 24.6 Å². The second-order valence-electron chi connectivity index (χ2n) is 4.27. The molecule has 1 fully saturated rings. The van der Waals surface area contributed by atoms with Crippen LogP contribution in [-0.4, -0.2) is 23.0 Å². The van der Waals surface area contributed by atoms with E-state index >= 15 is 0 Å². The number of nitro groups is 1. The van der Waals surface area contributed by atoms with Crippen molar-refractivity contribution in [3.8, 4) is 0 Å². The summed E-state index contributed by atoms with van der Waals surface area (Å²) in [6.45, 7) is 2.58. The molecule has 0 aliphatic carbocycles. The first-order valence-electron chi connectivity index (χ1n) is 5.98. The lowest BCUT2D eigenvalue weighted by Crippen LogP contribution is -2.41. The van der Waals surface area contributed by atoms with Crippen molar-refractivity contribution in [2.75, 3.05) is 13.1 Å². The lowest BCUT2D eigenvalue weighted by Gasteiger charge is -2.27. The normalized spacial score (nSPS) is 16.9. The van der Waals surface area contributed by atoms with Gasteiger partial charge in [-0.3, -0.25) is 15.5 Å². The number of rotatable bonds is 4. The monoisotopic (exact) mass is 235 g/mol. The molecule has 92 valence electrons. The van der Waals surface area contributed by atoms with Crippen LogP contribution in [-0.2, 0) is 6.54 Å². The first kappa shape index (κ1) is 12.0. The summed E-state index contributed by atoms with van der Waals surface area (Å²) < 4.78 is 0. The van der Waals surface area contributed by atoms with Gasteiger partial charge in [-0.25, -0.2) is 5.01 Å². The molecule has 0 unspecified atom stereocenters. The van der Waals surface area contributed by atoms with Crippen molar-refractivity contribution in [3.05, 3.63) is 39.9 Å². The average molecular weight is 235 g/mol. The van der Waals surface area contributed by atoms with Crippen LogP contribution in [0.25, 0.3) is 0 Å². The SMILES string of the molecule is O=[N+]([O-])c1ccccc1CNN1CCCCC1. The maximum atomic E-state index is 10.8. The number of para-hydroxylation sites is 1. The highest BCUT2D eigenvalue weighted by Crippen LogP contribution is 2.17. The second-order valence-corrected chi connectivity index (χ2v) is 4.27. The zero-order valence-corrected chi connectivity index (χ0v) is 9.76. The zero-order chi connectivity index (χ0) is 12.1. The van der Waals surface area contributed by atoms with E-state index < -0.39 is 0 Å². The molecule has 1 aliphatic rings. The van der Waals surface area contributed by atoms with Gasteiger partial charge in [0.2, 0.25) is 0 Å². The van der Waals surface area contributed by atoms with Gasteiger partial charge in [0.15, 0.2) is 0 Å². The van der Waals surface area contributed by atoms with Crippen LogP contribution in [0.15, 0.2) is 24.3 Å². The molecule has 5 nitrogen and oxygen atoms in total. The van der Waals surface area contributed by atoms with Crippen LogP contribution in [0.2, 0.25) is 0 Å². The minimum absolute atomic E-state index is 0.192. The first-order chi connectivity index (χ1) is 8.27. The summed E-state index contributed by atoms with van der Waals surface area (Å²) in [4.78, 5) is 10.5. The fraction of sp³-hybridized carbons (Fsp3) is 0.500. The molecule has 0 bridgehead atoms. The molecule has 0 atom stereocenters. The van der Waals surface area contributed by atoms with Gasteiger partial charge in [-0.2, -0.15) is 0 Å². The van der Waals surface area contributed by atoms with Crippen LogP contribution in [0.5, 0.6) is 0 Å². The molecule has 0 aromatic heterocycles. The topological polar surface area (TPSA) is 58.4 Å². The van der Waals surface area contributed by atoms with Gasteiger partial charge in [0.05, 0.1) is 4.92 Å². The van der Waals surface area contributed by atoms with E-state index in [1.54, 1.807) is 18.2 Å². The van der Waals surface area contributed by atoms with Crippen molar-refractivity contribution in [3.63, 3.8) is 0 Å². The van der Waals surface area contributed by atoms with Crippen molar-refractivity contribution >= 4 is 5.69 Å². The zero-order valence-electron chi connectivity index (χ0n) is 9.76. The number of piperidine rings is 1. The van der Waals surface area contributed by atoms with Crippen molar-refractivity contribution in [1.29, 1.82) is 0 Å². The lowest BCUT2D eigenvalue weighted by atomic mass is 10.1. The van der Waals surface area contributed by atoms with Gasteiger partial charge in [0.1, 0.15) is 0 Å². The largest absolute Gasteiger partial charge is 0.273 e. The van der Waals surface area contributed by atoms with E-state index in [0.29, 0.717) is 6.54 Å². The first-order valence-corrected chi connectivity index (χ1v) is 5.98. The Morgan fingerprint density at radius 2 is 1.94 bits per heavy atom. The molecule has 1 aromatic rings. The Hall–Kier alpha value is -1.46. The predicted molar refractivity (Wildman–Crippen MR) is 65.4 cm³/mol. The Bertz CT molecular complexity index is 389.